The topological polar surface area (TPSA) is 46.2 Å². The Morgan fingerprint density at radius 3 is 2.47 bits per heavy atom. The quantitative estimate of drug-likeness (QED) is 0.816. The average molecular weight is 233 g/mol. The number of nitrogens with one attached hydrogen (secondary N) is 1. The zero-order valence-electron chi connectivity index (χ0n) is 10.4. The van der Waals surface area contributed by atoms with Crippen molar-refractivity contribution >= 4 is 11.7 Å². The number of hydrogen-bond donors (Lipinski definition) is 1. The highest BCUT2D eigenvalue weighted by atomic mass is 16.2. The van der Waals surface area contributed by atoms with E-state index in [1.165, 1.54) is 0 Å². The van der Waals surface area contributed by atoms with Gasteiger partial charge in [-0.2, -0.15) is 0 Å². The van der Waals surface area contributed by atoms with E-state index in [0.717, 1.165) is 12.0 Å². The minimum absolute atomic E-state index is 0.0204. The van der Waals surface area contributed by atoms with Crippen LogP contribution >= 0.6 is 0 Å². The molecular weight excluding hydrogens is 214 g/mol. The fourth-order valence-electron chi connectivity index (χ4n) is 1.43. The van der Waals surface area contributed by atoms with Gasteiger partial charge in [0, 0.05) is 5.92 Å². The number of hydrogen-bond acceptors (Lipinski definition) is 2. The van der Waals surface area contributed by atoms with E-state index in [1.54, 1.807) is 0 Å². The summed E-state index contributed by atoms with van der Waals surface area (Å²) < 4.78 is 0. The van der Waals surface area contributed by atoms with E-state index in [4.69, 9.17) is 0 Å². The smallest absolute Gasteiger partial charge is 0.224 e. The van der Waals surface area contributed by atoms with Crippen LogP contribution in [0.2, 0.25) is 0 Å². The molecule has 1 atom stereocenters. The maximum atomic E-state index is 11.6. The van der Waals surface area contributed by atoms with Gasteiger partial charge >= 0.3 is 0 Å². The van der Waals surface area contributed by atoms with E-state index < -0.39 is 0 Å². The summed E-state index contributed by atoms with van der Waals surface area (Å²) in [5.74, 6) is 0.00814. The lowest BCUT2D eigenvalue weighted by Gasteiger charge is -2.08. The van der Waals surface area contributed by atoms with Crippen LogP contribution < -0.4 is 5.32 Å². The molecule has 1 unspecified atom stereocenters. The van der Waals surface area contributed by atoms with Crippen molar-refractivity contribution < 1.29 is 9.59 Å². The van der Waals surface area contributed by atoms with E-state index in [0.29, 0.717) is 6.42 Å². The second-order valence-electron chi connectivity index (χ2n) is 4.21. The summed E-state index contributed by atoms with van der Waals surface area (Å²) in [7, 11) is 0. The van der Waals surface area contributed by atoms with Gasteiger partial charge in [0.1, 0.15) is 0 Å². The summed E-state index contributed by atoms with van der Waals surface area (Å²) in [5, 5.41) is 2.66. The summed E-state index contributed by atoms with van der Waals surface area (Å²) >= 11 is 0. The average Bonchev–Trinajstić information content (AvgIpc) is 2.36. The van der Waals surface area contributed by atoms with E-state index in [-0.39, 0.29) is 24.2 Å². The van der Waals surface area contributed by atoms with E-state index >= 15 is 0 Å². The van der Waals surface area contributed by atoms with Crippen LogP contribution in [0.1, 0.15) is 25.8 Å². The molecule has 0 saturated carbocycles. The Hall–Kier alpha value is -1.64. The third-order valence-corrected chi connectivity index (χ3v) is 2.83. The Kier molecular flexibility index (Phi) is 5.40. The highest BCUT2D eigenvalue weighted by Crippen LogP contribution is 2.02. The molecule has 1 rings (SSSR count). The van der Waals surface area contributed by atoms with Gasteiger partial charge in [-0.15, -0.1) is 0 Å². The Morgan fingerprint density at radius 1 is 1.24 bits per heavy atom. The molecule has 0 aliphatic heterocycles. The largest absolute Gasteiger partial charge is 0.349 e. The predicted octanol–water partition coefficient (Wildman–Crippen LogP) is 1.96. The van der Waals surface area contributed by atoms with Gasteiger partial charge in [-0.25, -0.2) is 0 Å². The molecule has 0 radical (unpaired) electrons. The summed E-state index contributed by atoms with van der Waals surface area (Å²) in [4.78, 5) is 23.1. The van der Waals surface area contributed by atoms with Gasteiger partial charge in [-0.3, -0.25) is 9.59 Å². The van der Waals surface area contributed by atoms with E-state index in [2.05, 4.69) is 5.32 Å². The Morgan fingerprint density at radius 2 is 1.88 bits per heavy atom. The first-order valence-corrected chi connectivity index (χ1v) is 5.96. The fourth-order valence-corrected chi connectivity index (χ4v) is 1.43. The maximum absolute atomic E-state index is 11.6. The number of rotatable bonds is 6. The molecule has 1 aromatic rings. The SMILES string of the molecule is CCC(C)C(=O)CNC(=O)Cc1ccccc1. The van der Waals surface area contributed by atoms with Gasteiger partial charge in [0.05, 0.1) is 13.0 Å². The highest BCUT2D eigenvalue weighted by Gasteiger charge is 2.11. The molecule has 0 aliphatic carbocycles. The minimum Gasteiger partial charge on any atom is -0.349 e. The van der Waals surface area contributed by atoms with Crippen molar-refractivity contribution in [2.45, 2.75) is 26.7 Å². The molecule has 0 spiro atoms. The molecule has 0 heterocycles. The Balaban J connectivity index is 2.34. The van der Waals surface area contributed by atoms with Crippen molar-refractivity contribution in [3.05, 3.63) is 35.9 Å². The lowest BCUT2D eigenvalue weighted by molar-refractivity contribution is -0.126. The van der Waals surface area contributed by atoms with E-state index in [9.17, 15) is 9.59 Å². The van der Waals surface area contributed by atoms with Crippen LogP contribution in [0.15, 0.2) is 30.3 Å². The molecule has 0 fully saturated rings. The molecule has 17 heavy (non-hydrogen) atoms. The Bertz CT molecular complexity index is 373. The van der Waals surface area contributed by atoms with E-state index in [1.807, 2.05) is 44.2 Å². The van der Waals surface area contributed by atoms with Crippen molar-refractivity contribution in [1.29, 1.82) is 0 Å². The summed E-state index contributed by atoms with van der Waals surface area (Å²) in [6.45, 7) is 3.99. The number of carbonyl (C=O) groups excluding carboxylic acids is 2. The molecular formula is C14H19NO2. The van der Waals surface area contributed by atoms with Crippen LogP contribution in [0.5, 0.6) is 0 Å². The summed E-state index contributed by atoms with van der Waals surface area (Å²) in [6.07, 6.45) is 1.14. The van der Waals surface area contributed by atoms with Crippen molar-refractivity contribution in [1.82, 2.24) is 5.32 Å². The number of amides is 1. The molecule has 3 nitrogen and oxygen atoms in total. The first-order chi connectivity index (χ1) is 8.13. The number of benzene rings is 1. The third kappa shape index (κ3) is 4.81. The summed E-state index contributed by atoms with van der Waals surface area (Å²) in [5.41, 5.74) is 0.959. The monoisotopic (exact) mass is 233 g/mol. The molecule has 0 bridgehead atoms. The van der Waals surface area contributed by atoms with Crippen molar-refractivity contribution in [2.75, 3.05) is 6.54 Å². The highest BCUT2D eigenvalue weighted by molar-refractivity contribution is 5.87. The van der Waals surface area contributed by atoms with Crippen LogP contribution in [0, 0.1) is 5.92 Å². The normalized spacial score (nSPS) is 11.9. The molecule has 0 saturated heterocycles. The second-order valence-corrected chi connectivity index (χ2v) is 4.21. The molecule has 92 valence electrons. The van der Waals surface area contributed by atoms with Crippen molar-refractivity contribution in [3.8, 4) is 0 Å². The number of Topliss-reactive ketones (excluding diaryl/α,β-unsaturated/α-hetero) is 1. The molecule has 1 N–H and O–H groups in total. The first kappa shape index (κ1) is 13.4. The Labute approximate surface area is 102 Å². The molecule has 1 amide bonds. The zero-order valence-corrected chi connectivity index (χ0v) is 10.4. The van der Waals surface area contributed by atoms with Crippen LogP contribution in [-0.4, -0.2) is 18.2 Å². The van der Waals surface area contributed by atoms with Gasteiger partial charge in [-0.05, 0) is 12.0 Å². The van der Waals surface area contributed by atoms with Gasteiger partial charge in [-0.1, -0.05) is 44.2 Å². The fraction of sp³-hybridized carbons (Fsp3) is 0.429. The molecule has 3 heteroatoms. The van der Waals surface area contributed by atoms with Crippen LogP contribution in [0.3, 0.4) is 0 Å². The van der Waals surface area contributed by atoms with Gasteiger partial charge in [0.15, 0.2) is 5.78 Å². The van der Waals surface area contributed by atoms with Crippen LogP contribution in [-0.2, 0) is 16.0 Å². The lowest BCUT2D eigenvalue weighted by atomic mass is 10.0. The lowest BCUT2D eigenvalue weighted by Crippen LogP contribution is -2.33. The first-order valence-electron chi connectivity index (χ1n) is 5.96. The molecule has 1 aromatic carbocycles. The van der Waals surface area contributed by atoms with Gasteiger partial charge in [0.25, 0.3) is 0 Å². The predicted molar refractivity (Wildman–Crippen MR) is 67.6 cm³/mol. The van der Waals surface area contributed by atoms with Gasteiger partial charge < -0.3 is 5.32 Å². The standard InChI is InChI=1S/C14H19NO2/c1-3-11(2)13(16)10-15-14(17)9-12-7-5-4-6-8-12/h4-8,11H,3,9-10H2,1-2H3,(H,15,17). The van der Waals surface area contributed by atoms with Gasteiger partial charge in [0.2, 0.25) is 5.91 Å². The third-order valence-electron chi connectivity index (χ3n) is 2.83. The summed E-state index contributed by atoms with van der Waals surface area (Å²) in [6, 6.07) is 9.50. The maximum Gasteiger partial charge on any atom is 0.224 e. The molecule has 0 aliphatic rings. The molecule has 0 aromatic heterocycles. The van der Waals surface area contributed by atoms with Crippen molar-refractivity contribution in [2.24, 2.45) is 5.92 Å². The zero-order chi connectivity index (χ0) is 12.7. The van der Waals surface area contributed by atoms with Crippen LogP contribution in [0.25, 0.3) is 0 Å². The number of ketones is 1. The van der Waals surface area contributed by atoms with Crippen molar-refractivity contribution in [3.63, 3.8) is 0 Å². The second kappa shape index (κ2) is 6.84. The van der Waals surface area contributed by atoms with Crippen LogP contribution in [0.4, 0.5) is 0 Å². The minimum atomic E-state index is -0.104. The number of carbonyl (C=O) groups is 2.